The van der Waals surface area contributed by atoms with Crippen molar-refractivity contribution in [2.45, 2.75) is 52.6 Å². The Labute approximate surface area is 216 Å². The van der Waals surface area contributed by atoms with Gasteiger partial charge in [0.15, 0.2) is 11.5 Å². The molecule has 2 atom stereocenters. The van der Waals surface area contributed by atoms with E-state index >= 15 is 0 Å². The lowest BCUT2D eigenvalue weighted by atomic mass is 9.93. The molecule has 2 aromatic carbocycles. The topological polar surface area (TPSA) is 137 Å². The summed E-state index contributed by atoms with van der Waals surface area (Å²) in [5.74, 6) is -1.67. The van der Waals surface area contributed by atoms with E-state index in [1.165, 1.54) is 12.0 Å². The van der Waals surface area contributed by atoms with Gasteiger partial charge in [0, 0.05) is 0 Å². The van der Waals surface area contributed by atoms with Crippen LogP contribution in [0.3, 0.4) is 0 Å². The maximum atomic E-state index is 13.5. The largest absolute Gasteiger partial charge is 0.493 e. The maximum Gasteiger partial charge on any atom is 0.332 e. The zero-order valence-corrected chi connectivity index (χ0v) is 21.6. The summed E-state index contributed by atoms with van der Waals surface area (Å²) >= 11 is 0. The summed E-state index contributed by atoms with van der Waals surface area (Å²) in [5, 5.41) is 0. The van der Waals surface area contributed by atoms with Crippen molar-refractivity contribution in [2.24, 2.45) is 11.1 Å². The van der Waals surface area contributed by atoms with E-state index in [4.69, 9.17) is 20.0 Å². The summed E-state index contributed by atoms with van der Waals surface area (Å²) in [7, 11) is 1.49. The SMILES string of the molecule is CCOc1cc(C(CC(=O)NOC(=O)CC(C)(C)C)N2C(=O)c3[c]cccc3C2C(N)=O)ccc1OC. The van der Waals surface area contributed by atoms with Crippen LogP contribution in [0.4, 0.5) is 0 Å². The molecule has 1 heterocycles. The summed E-state index contributed by atoms with van der Waals surface area (Å²) in [5.41, 5.74) is 8.66. The fourth-order valence-corrected chi connectivity index (χ4v) is 4.22. The van der Waals surface area contributed by atoms with Crippen LogP contribution < -0.4 is 20.7 Å². The molecule has 1 aliphatic rings. The average molecular weight is 511 g/mol. The number of hydrogen-bond donors (Lipinski definition) is 2. The van der Waals surface area contributed by atoms with E-state index in [0.717, 1.165) is 0 Å². The Morgan fingerprint density at radius 3 is 2.54 bits per heavy atom. The van der Waals surface area contributed by atoms with Crippen LogP contribution in [0.25, 0.3) is 0 Å². The number of fused-ring (bicyclic) bond motifs is 1. The smallest absolute Gasteiger partial charge is 0.332 e. The fourth-order valence-electron chi connectivity index (χ4n) is 4.22. The number of hydroxylamine groups is 1. The zero-order valence-electron chi connectivity index (χ0n) is 21.6. The summed E-state index contributed by atoms with van der Waals surface area (Å²) in [6, 6.07) is 10.6. The van der Waals surface area contributed by atoms with Gasteiger partial charge in [-0.25, -0.2) is 4.79 Å². The van der Waals surface area contributed by atoms with E-state index in [1.54, 1.807) is 36.4 Å². The number of carbonyl (C=O) groups is 4. The molecular formula is C27H32N3O7. The predicted octanol–water partition coefficient (Wildman–Crippen LogP) is 3.02. The standard InChI is InChI=1S/C27H32N3O7/c1-6-36-21-13-16(11-12-20(21)35-5)19(14-22(31)29-37-23(32)15-27(2,3)4)30-24(25(28)33)17-9-7-8-10-18(17)26(30)34/h7-9,11-13,19,24H,6,14-15H2,1-5H3,(H2,28,33)(H,29,31). The molecule has 10 nitrogen and oxygen atoms in total. The number of rotatable bonds is 9. The molecule has 0 saturated heterocycles. The van der Waals surface area contributed by atoms with E-state index in [2.05, 4.69) is 11.5 Å². The van der Waals surface area contributed by atoms with Gasteiger partial charge in [0.25, 0.3) is 11.8 Å². The molecule has 0 saturated carbocycles. The van der Waals surface area contributed by atoms with Crippen molar-refractivity contribution in [2.75, 3.05) is 13.7 Å². The molecule has 0 spiro atoms. The Balaban J connectivity index is 1.98. The van der Waals surface area contributed by atoms with Crippen molar-refractivity contribution in [3.05, 3.63) is 59.2 Å². The molecule has 3 N–H and O–H groups in total. The molecule has 0 bridgehead atoms. The predicted molar refractivity (Wildman–Crippen MR) is 133 cm³/mol. The third-order valence-corrected chi connectivity index (χ3v) is 5.72. The monoisotopic (exact) mass is 510 g/mol. The number of benzene rings is 2. The van der Waals surface area contributed by atoms with Crippen LogP contribution in [0, 0.1) is 11.5 Å². The molecule has 1 radical (unpaired) electrons. The van der Waals surface area contributed by atoms with Gasteiger partial charge in [-0.1, -0.05) is 45.0 Å². The summed E-state index contributed by atoms with van der Waals surface area (Å²) < 4.78 is 11.0. The van der Waals surface area contributed by atoms with Gasteiger partial charge in [-0.15, -0.1) is 0 Å². The number of methoxy groups -OCH3 is 1. The minimum absolute atomic E-state index is 0.0897. The lowest BCUT2D eigenvalue weighted by molar-refractivity contribution is -0.160. The molecule has 1 aliphatic heterocycles. The van der Waals surface area contributed by atoms with Crippen molar-refractivity contribution in [1.82, 2.24) is 10.4 Å². The van der Waals surface area contributed by atoms with Gasteiger partial charge in [-0.2, -0.15) is 5.48 Å². The van der Waals surface area contributed by atoms with Gasteiger partial charge < -0.3 is 24.9 Å². The minimum atomic E-state index is -1.13. The molecule has 0 aliphatic carbocycles. The first-order valence-corrected chi connectivity index (χ1v) is 11.9. The van der Waals surface area contributed by atoms with Crippen LogP contribution in [0.2, 0.25) is 0 Å². The first kappa shape index (κ1) is 27.5. The highest BCUT2D eigenvalue weighted by Gasteiger charge is 2.45. The van der Waals surface area contributed by atoms with Gasteiger partial charge in [-0.3, -0.25) is 14.4 Å². The Morgan fingerprint density at radius 2 is 1.92 bits per heavy atom. The van der Waals surface area contributed by atoms with E-state index in [-0.39, 0.29) is 23.8 Å². The lowest BCUT2D eigenvalue weighted by Gasteiger charge is -2.32. The number of ether oxygens (including phenoxy) is 2. The van der Waals surface area contributed by atoms with Crippen LogP contribution in [0.15, 0.2) is 36.4 Å². The van der Waals surface area contributed by atoms with E-state index in [9.17, 15) is 19.2 Å². The number of nitrogens with one attached hydrogen (secondary N) is 1. The second-order valence-corrected chi connectivity index (χ2v) is 9.82. The van der Waals surface area contributed by atoms with Crippen LogP contribution in [-0.2, 0) is 19.2 Å². The van der Waals surface area contributed by atoms with Gasteiger partial charge >= 0.3 is 5.97 Å². The van der Waals surface area contributed by atoms with Crippen LogP contribution >= 0.6 is 0 Å². The third-order valence-electron chi connectivity index (χ3n) is 5.72. The van der Waals surface area contributed by atoms with Crippen molar-refractivity contribution in [3.63, 3.8) is 0 Å². The van der Waals surface area contributed by atoms with Crippen molar-refractivity contribution >= 4 is 23.7 Å². The Hall–Kier alpha value is -4.08. The summed E-state index contributed by atoms with van der Waals surface area (Å²) in [6.07, 6.45) is -0.239. The van der Waals surface area contributed by atoms with Gasteiger partial charge in [0.05, 0.1) is 38.2 Å². The highest BCUT2D eigenvalue weighted by atomic mass is 16.7. The molecule has 2 aromatic rings. The highest BCUT2D eigenvalue weighted by Crippen LogP contribution is 2.42. The molecule has 2 unspecified atom stereocenters. The second kappa shape index (κ2) is 11.3. The number of nitrogens with zero attached hydrogens (tertiary/aromatic N) is 1. The van der Waals surface area contributed by atoms with Crippen LogP contribution in [-0.4, -0.2) is 42.3 Å². The molecule has 0 aromatic heterocycles. The van der Waals surface area contributed by atoms with Gasteiger partial charge in [0.2, 0.25) is 5.91 Å². The van der Waals surface area contributed by atoms with Crippen LogP contribution in [0.1, 0.15) is 74.1 Å². The summed E-state index contributed by atoms with van der Waals surface area (Å²) in [6.45, 7) is 7.75. The van der Waals surface area contributed by atoms with Crippen LogP contribution in [0.5, 0.6) is 11.5 Å². The van der Waals surface area contributed by atoms with E-state index in [1.807, 2.05) is 27.7 Å². The van der Waals surface area contributed by atoms with E-state index < -0.39 is 35.8 Å². The second-order valence-electron chi connectivity index (χ2n) is 9.82. The maximum absolute atomic E-state index is 13.5. The number of amides is 3. The fraction of sp³-hybridized carbons (Fsp3) is 0.407. The number of carbonyl (C=O) groups excluding carboxylic acids is 4. The highest BCUT2D eigenvalue weighted by molar-refractivity contribution is 6.04. The molecule has 10 heteroatoms. The molecule has 3 amide bonds. The van der Waals surface area contributed by atoms with Gasteiger partial charge in [0.1, 0.15) is 6.04 Å². The number of hydrogen-bond acceptors (Lipinski definition) is 7. The Morgan fingerprint density at radius 1 is 1.19 bits per heavy atom. The normalized spacial score (nSPS) is 15.5. The molecule has 197 valence electrons. The molecule has 3 rings (SSSR count). The minimum Gasteiger partial charge on any atom is -0.493 e. The molecule has 0 fully saturated rings. The van der Waals surface area contributed by atoms with Crippen molar-refractivity contribution in [3.8, 4) is 11.5 Å². The lowest BCUT2D eigenvalue weighted by Crippen LogP contribution is -2.41. The Kier molecular flexibility index (Phi) is 8.42. The van der Waals surface area contributed by atoms with Gasteiger partial charge in [-0.05, 0) is 41.7 Å². The third kappa shape index (κ3) is 6.38. The van der Waals surface area contributed by atoms with E-state index in [0.29, 0.717) is 29.2 Å². The first-order chi connectivity index (χ1) is 17.5. The number of primary amides is 1. The quantitative estimate of drug-likeness (QED) is 0.495. The average Bonchev–Trinajstić information content (AvgIpc) is 3.13. The van der Waals surface area contributed by atoms with Crippen molar-refractivity contribution < 1.29 is 33.5 Å². The molecule has 37 heavy (non-hydrogen) atoms. The summed E-state index contributed by atoms with van der Waals surface area (Å²) in [4.78, 5) is 57.3. The first-order valence-electron chi connectivity index (χ1n) is 11.9. The number of nitrogens with two attached hydrogens (primary N) is 1. The molecular weight excluding hydrogens is 478 g/mol. The zero-order chi connectivity index (χ0) is 27.3. The Bertz CT molecular complexity index is 1190. The van der Waals surface area contributed by atoms with Crippen molar-refractivity contribution in [1.29, 1.82) is 0 Å².